The van der Waals surface area contributed by atoms with Crippen LogP contribution >= 0.6 is 15.9 Å². The lowest BCUT2D eigenvalue weighted by Gasteiger charge is -2.09. The molecule has 16 heavy (non-hydrogen) atoms. The third-order valence-corrected chi connectivity index (χ3v) is 2.72. The van der Waals surface area contributed by atoms with Crippen molar-refractivity contribution in [2.75, 3.05) is 13.7 Å². The van der Waals surface area contributed by atoms with Crippen molar-refractivity contribution in [2.24, 2.45) is 0 Å². The molecule has 0 saturated carbocycles. The van der Waals surface area contributed by atoms with Crippen LogP contribution in [0.3, 0.4) is 0 Å². The number of nitrogens with one attached hydrogen (secondary N) is 1. The number of unbranched alkanes of at least 4 members (excludes halogenated alkanes) is 1. The Hall–Kier alpha value is -0.980. The highest BCUT2D eigenvalue weighted by molar-refractivity contribution is 9.10. The van der Waals surface area contributed by atoms with Crippen LogP contribution in [0.1, 0.15) is 18.4 Å². The summed E-state index contributed by atoms with van der Waals surface area (Å²) in [6, 6.07) is 6.09. The molecule has 0 aliphatic carbocycles. The molecule has 1 N–H and O–H groups in total. The van der Waals surface area contributed by atoms with E-state index in [1.807, 2.05) is 13.1 Å². The Balaban J connectivity index is 2.51. The molecule has 0 amide bonds. The first-order chi connectivity index (χ1) is 7.77. The van der Waals surface area contributed by atoms with E-state index in [0.717, 1.165) is 29.6 Å². The summed E-state index contributed by atoms with van der Waals surface area (Å²) in [5.41, 5.74) is 1.23. The molecule has 1 aromatic rings. The van der Waals surface area contributed by atoms with Crippen LogP contribution in [-0.4, -0.2) is 13.7 Å². The molecule has 0 atom stereocenters. The minimum absolute atomic E-state index is 0.661. The van der Waals surface area contributed by atoms with Gasteiger partial charge in [0.05, 0.1) is 11.1 Å². The SMILES string of the molecule is C#CCCCOc1ccc(CNC)cc1Br. The molecular formula is C13H16BrNO. The van der Waals surface area contributed by atoms with Crippen molar-refractivity contribution in [1.29, 1.82) is 0 Å². The highest BCUT2D eigenvalue weighted by atomic mass is 79.9. The fourth-order valence-electron chi connectivity index (χ4n) is 1.33. The standard InChI is InChI=1S/C13H16BrNO/c1-3-4-5-8-16-13-7-6-11(10-15-2)9-12(13)14/h1,6-7,9,15H,4-5,8,10H2,2H3. The molecule has 0 saturated heterocycles. The first kappa shape index (κ1) is 13.1. The van der Waals surface area contributed by atoms with Gasteiger partial charge in [-0.05, 0) is 47.1 Å². The second-order valence-electron chi connectivity index (χ2n) is 3.45. The fraction of sp³-hybridized carbons (Fsp3) is 0.385. The molecule has 0 heterocycles. The molecule has 0 spiro atoms. The van der Waals surface area contributed by atoms with E-state index >= 15 is 0 Å². The maximum atomic E-state index is 5.61. The summed E-state index contributed by atoms with van der Waals surface area (Å²) >= 11 is 3.49. The van der Waals surface area contributed by atoms with Crippen molar-refractivity contribution in [3.8, 4) is 18.1 Å². The van der Waals surface area contributed by atoms with E-state index in [0.29, 0.717) is 6.61 Å². The highest BCUT2D eigenvalue weighted by Crippen LogP contribution is 2.26. The number of benzene rings is 1. The van der Waals surface area contributed by atoms with Crippen molar-refractivity contribution >= 4 is 15.9 Å². The number of ether oxygens (including phenoxy) is 1. The summed E-state index contributed by atoms with van der Waals surface area (Å²) < 4.78 is 6.60. The number of rotatable bonds is 6. The first-order valence-electron chi connectivity index (χ1n) is 5.27. The van der Waals surface area contributed by atoms with Crippen LogP contribution in [0.2, 0.25) is 0 Å². The Labute approximate surface area is 106 Å². The molecule has 0 aliphatic rings. The van der Waals surface area contributed by atoms with E-state index < -0.39 is 0 Å². The molecule has 3 heteroatoms. The second kappa shape index (κ2) is 7.32. The number of halogens is 1. The van der Waals surface area contributed by atoms with E-state index in [1.54, 1.807) is 0 Å². The molecule has 0 bridgehead atoms. The van der Waals surface area contributed by atoms with Crippen molar-refractivity contribution in [3.63, 3.8) is 0 Å². The first-order valence-corrected chi connectivity index (χ1v) is 6.06. The van der Waals surface area contributed by atoms with Gasteiger partial charge in [0, 0.05) is 13.0 Å². The normalized spacial score (nSPS) is 9.81. The van der Waals surface area contributed by atoms with E-state index in [1.165, 1.54) is 5.56 Å². The molecule has 86 valence electrons. The van der Waals surface area contributed by atoms with Crippen molar-refractivity contribution < 1.29 is 4.74 Å². The summed E-state index contributed by atoms with van der Waals surface area (Å²) in [5, 5.41) is 3.11. The fourth-order valence-corrected chi connectivity index (χ4v) is 1.87. The monoisotopic (exact) mass is 281 g/mol. The van der Waals surface area contributed by atoms with Crippen molar-refractivity contribution in [2.45, 2.75) is 19.4 Å². The lowest BCUT2D eigenvalue weighted by molar-refractivity contribution is 0.311. The summed E-state index contributed by atoms with van der Waals surface area (Å²) in [4.78, 5) is 0. The van der Waals surface area contributed by atoms with Crippen LogP contribution in [0.15, 0.2) is 22.7 Å². The third kappa shape index (κ3) is 4.26. The Morgan fingerprint density at radius 3 is 2.94 bits per heavy atom. The second-order valence-corrected chi connectivity index (χ2v) is 4.31. The lowest BCUT2D eigenvalue weighted by Crippen LogP contribution is -2.05. The van der Waals surface area contributed by atoms with Gasteiger partial charge in [-0.2, -0.15) is 0 Å². The van der Waals surface area contributed by atoms with Crippen LogP contribution in [0, 0.1) is 12.3 Å². The summed E-state index contributed by atoms with van der Waals surface area (Å²) in [6.07, 6.45) is 6.82. The topological polar surface area (TPSA) is 21.3 Å². The van der Waals surface area contributed by atoms with Crippen LogP contribution in [0.25, 0.3) is 0 Å². The van der Waals surface area contributed by atoms with Crippen LogP contribution in [0.4, 0.5) is 0 Å². The van der Waals surface area contributed by atoms with Crippen LogP contribution in [0.5, 0.6) is 5.75 Å². The van der Waals surface area contributed by atoms with Gasteiger partial charge in [-0.1, -0.05) is 6.07 Å². The number of terminal acetylenes is 1. The molecule has 0 unspecified atom stereocenters. The highest BCUT2D eigenvalue weighted by Gasteiger charge is 2.01. The summed E-state index contributed by atoms with van der Waals surface area (Å²) in [5.74, 6) is 3.47. The van der Waals surface area contributed by atoms with E-state index in [9.17, 15) is 0 Å². The van der Waals surface area contributed by atoms with Crippen LogP contribution in [-0.2, 0) is 6.54 Å². The number of hydrogen-bond donors (Lipinski definition) is 1. The van der Waals surface area contributed by atoms with Crippen molar-refractivity contribution in [3.05, 3.63) is 28.2 Å². The molecule has 0 fully saturated rings. The quantitative estimate of drug-likeness (QED) is 0.640. The third-order valence-electron chi connectivity index (χ3n) is 2.10. The zero-order chi connectivity index (χ0) is 11.8. The Kier molecular flexibility index (Phi) is 5.99. The molecule has 0 aliphatic heterocycles. The molecule has 1 aromatic carbocycles. The van der Waals surface area contributed by atoms with Gasteiger partial charge in [-0.15, -0.1) is 12.3 Å². The Morgan fingerprint density at radius 1 is 1.50 bits per heavy atom. The van der Waals surface area contributed by atoms with Gasteiger partial charge in [0.1, 0.15) is 5.75 Å². The predicted molar refractivity (Wildman–Crippen MR) is 70.5 cm³/mol. The van der Waals surface area contributed by atoms with Gasteiger partial charge in [0.2, 0.25) is 0 Å². The number of hydrogen-bond acceptors (Lipinski definition) is 2. The molecule has 0 radical (unpaired) electrons. The van der Waals surface area contributed by atoms with E-state index in [2.05, 4.69) is 39.3 Å². The lowest BCUT2D eigenvalue weighted by atomic mass is 10.2. The smallest absolute Gasteiger partial charge is 0.133 e. The molecular weight excluding hydrogens is 266 g/mol. The van der Waals surface area contributed by atoms with Crippen LogP contribution < -0.4 is 10.1 Å². The minimum Gasteiger partial charge on any atom is -0.492 e. The zero-order valence-corrected chi connectivity index (χ0v) is 11.0. The van der Waals surface area contributed by atoms with Crippen molar-refractivity contribution in [1.82, 2.24) is 5.32 Å². The Bertz CT molecular complexity index is 371. The maximum absolute atomic E-state index is 5.61. The largest absolute Gasteiger partial charge is 0.492 e. The van der Waals surface area contributed by atoms with E-state index in [4.69, 9.17) is 11.2 Å². The van der Waals surface area contributed by atoms with Gasteiger partial charge in [-0.3, -0.25) is 0 Å². The predicted octanol–water partition coefficient (Wildman–Crippen LogP) is 2.96. The van der Waals surface area contributed by atoms with Gasteiger partial charge < -0.3 is 10.1 Å². The van der Waals surface area contributed by atoms with Gasteiger partial charge in [0.25, 0.3) is 0 Å². The Morgan fingerprint density at radius 2 is 2.31 bits per heavy atom. The zero-order valence-electron chi connectivity index (χ0n) is 9.42. The van der Waals surface area contributed by atoms with Gasteiger partial charge in [-0.25, -0.2) is 0 Å². The average molecular weight is 282 g/mol. The van der Waals surface area contributed by atoms with Gasteiger partial charge >= 0.3 is 0 Å². The minimum atomic E-state index is 0.661. The molecule has 2 nitrogen and oxygen atoms in total. The summed E-state index contributed by atoms with van der Waals surface area (Å²) in [6.45, 7) is 1.52. The average Bonchev–Trinajstić information content (AvgIpc) is 2.27. The molecule has 0 aromatic heterocycles. The van der Waals surface area contributed by atoms with Gasteiger partial charge in [0.15, 0.2) is 0 Å². The molecule has 1 rings (SSSR count). The summed E-state index contributed by atoms with van der Waals surface area (Å²) in [7, 11) is 1.93. The maximum Gasteiger partial charge on any atom is 0.133 e. The van der Waals surface area contributed by atoms with E-state index in [-0.39, 0.29) is 0 Å².